The van der Waals surface area contributed by atoms with Gasteiger partial charge in [0.05, 0.1) is 11.6 Å². The lowest BCUT2D eigenvalue weighted by molar-refractivity contribution is -0.141. The fourth-order valence-corrected chi connectivity index (χ4v) is 3.03. The summed E-state index contributed by atoms with van der Waals surface area (Å²) in [7, 11) is 1.92. The minimum Gasteiger partial charge on any atom is -0.368 e. The van der Waals surface area contributed by atoms with Gasteiger partial charge in [0, 0.05) is 25.8 Å². The number of amides is 1. The molecule has 9 heteroatoms. The van der Waals surface area contributed by atoms with E-state index in [0.717, 1.165) is 11.8 Å². The summed E-state index contributed by atoms with van der Waals surface area (Å²) in [5.74, 6) is -1.26. The monoisotopic (exact) mass is 365 g/mol. The maximum absolute atomic E-state index is 13.2. The van der Waals surface area contributed by atoms with Crippen molar-refractivity contribution in [1.29, 1.82) is 0 Å². The van der Waals surface area contributed by atoms with Crippen molar-refractivity contribution in [2.24, 2.45) is 0 Å². The normalized spacial score (nSPS) is 18.8. The van der Waals surface area contributed by atoms with Crippen LogP contribution in [-0.4, -0.2) is 52.4 Å². The molecule has 1 atom stereocenters. The van der Waals surface area contributed by atoms with E-state index in [9.17, 15) is 18.0 Å². The number of nitrogens with zero attached hydrogens (tertiary/aromatic N) is 4. The molecule has 0 unspecified atom stereocenters. The van der Waals surface area contributed by atoms with Crippen LogP contribution in [0.5, 0.6) is 0 Å². The lowest BCUT2D eigenvalue weighted by atomic mass is 10.0. The minimum absolute atomic E-state index is 0.0991. The molecule has 3 rings (SSSR count). The number of hydrogen-bond acceptors (Lipinski definition) is 5. The van der Waals surface area contributed by atoms with Crippen LogP contribution in [0.2, 0.25) is 0 Å². The SMILES string of the molecule is CN1CCN(C(=O)c2cnc(N)nc2C(F)(F)F)C[C@H]1c1ccccc1. The first-order valence-electron chi connectivity index (χ1n) is 8.01. The molecule has 6 nitrogen and oxygen atoms in total. The van der Waals surface area contributed by atoms with Crippen molar-refractivity contribution in [2.75, 3.05) is 32.4 Å². The summed E-state index contributed by atoms with van der Waals surface area (Å²) in [6.07, 6.45) is -3.93. The zero-order valence-corrected chi connectivity index (χ0v) is 14.1. The number of halogens is 3. The predicted octanol–water partition coefficient (Wildman–Crippen LogP) is 2.21. The number of nitrogen functional groups attached to an aromatic ring is 1. The molecule has 138 valence electrons. The lowest BCUT2D eigenvalue weighted by Gasteiger charge is -2.39. The number of hydrogen-bond donors (Lipinski definition) is 1. The number of benzene rings is 1. The Labute approximate surface area is 148 Å². The van der Waals surface area contributed by atoms with Crippen LogP contribution in [0.4, 0.5) is 19.1 Å². The highest BCUT2D eigenvalue weighted by Crippen LogP contribution is 2.32. The Balaban J connectivity index is 1.89. The first-order chi connectivity index (χ1) is 12.3. The Morgan fingerprint density at radius 2 is 1.92 bits per heavy atom. The number of likely N-dealkylation sites (N-methyl/N-ethyl adjacent to an activating group) is 1. The molecule has 1 fully saturated rings. The summed E-state index contributed by atoms with van der Waals surface area (Å²) in [6.45, 7) is 1.14. The first kappa shape index (κ1) is 18.1. The summed E-state index contributed by atoms with van der Waals surface area (Å²) in [6, 6.07) is 9.43. The summed E-state index contributed by atoms with van der Waals surface area (Å²) < 4.78 is 39.7. The summed E-state index contributed by atoms with van der Waals surface area (Å²) in [5, 5.41) is 0. The van der Waals surface area contributed by atoms with Gasteiger partial charge in [0.1, 0.15) is 0 Å². The van der Waals surface area contributed by atoms with Crippen LogP contribution in [0.15, 0.2) is 36.5 Å². The second-order valence-electron chi connectivity index (χ2n) is 6.15. The molecule has 0 bridgehead atoms. The topological polar surface area (TPSA) is 75.3 Å². The number of nitrogens with two attached hydrogens (primary N) is 1. The Kier molecular flexibility index (Phi) is 4.82. The van der Waals surface area contributed by atoms with Crippen molar-refractivity contribution in [3.8, 4) is 0 Å². The van der Waals surface area contributed by atoms with Crippen molar-refractivity contribution in [1.82, 2.24) is 19.8 Å². The fraction of sp³-hybridized carbons (Fsp3) is 0.353. The van der Waals surface area contributed by atoms with Gasteiger partial charge >= 0.3 is 6.18 Å². The highest BCUT2D eigenvalue weighted by Gasteiger charge is 2.40. The summed E-state index contributed by atoms with van der Waals surface area (Å²) in [4.78, 5) is 23.0. The molecule has 1 aliphatic heterocycles. The Hall–Kier alpha value is -2.68. The van der Waals surface area contributed by atoms with Crippen LogP contribution in [0.25, 0.3) is 0 Å². The first-order valence-corrected chi connectivity index (χ1v) is 8.01. The van der Waals surface area contributed by atoms with Gasteiger partial charge in [-0.3, -0.25) is 9.69 Å². The van der Waals surface area contributed by atoms with Crippen molar-refractivity contribution >= 4 is 11.9 Å². The highest BCUT2D eigenvalue weighted by molar-refractivity contribution is 5.95. The third-order valence-corrected chi connectivity index (χ3v) is 4.43. The molecule has 0 saturated carbocycles. The van der Waals surface area contributed by atoms with Crippen LogP contribution < -0.4 is 5.73 Å². The molecule has 0 radical (unpaired) electrons. The van der Waals surface area contributed by atoms with E-state index >= 15 is 0 Å². The zero-order chi connectivity index (χ0) is 18.9. The van der Waals surface area contributed by atoms with Gasteiger partial charge in [-0.15, -0.1) is 0 Å². The van der Waals surface area contributed by atoms with Gasteiger partial charge in [-0.2, -0.15) is 13.2 Å². The standard InChI is InChI=1S/C17H18F3N5O/c1-24-7-8-25(10-13(24)11-5-3-2-4-6-11)15(26)12-9-22-16(21)23-14(12)17(18,19)20/h2-6,9,13H,7-8,10H2,1H3,(H2,21,22,23)/t13-/m0/s1. The van der Waals surface area contributed by atoms with Gasteiger partial charge in [-0.1, -0.05) is 30.3 Å². The van der Waals surface area contributed by atoms with Crippen molar-refractivity contribution in [3.05, 3.63) is 53.3 Å². The van der Waals surface area contributed by atoms with Crippen LogP contribution in [0.3, 0.4) is 0 Å². The Morgan fingerprint density at radius 3 is 2.58 bits per heavy atom. The number of piperazine rings is 1. The van der Waals surface area contributed by atoms with E-state index in [-0.39, 0.29) is 12.6 Å². The number of aromatic nitrogens is 2. The van der Waals surface area contributed by atoms with E-state index in [1.54, 1.807) is 0 Å². The van der Waals surface area contributed by atoms with Crippen LogP contribution in [-0.2, 0) is 6.18 Å². The summed E-state index contributed by atoms with van der Waals surface area (Å²) >= 11 is 0. The molecule has 26 heavy (non-hydrogen) atoms. The molecule has 1 aromatic heterocycles. The molecule has 1 amide bonds. The molecule has 1 saturated heterocycles. The Morgan fingerprint density at radius 1 is 1.23 bits per heavy atom. The van der Waals surface area contributed by atoms with Crippen LogP contribution >= 0.6 is 0 Å². The van der Waals surface area contributed by atoms with E-state index in [1.165, 1.54) is 4.90 Å². The Bertz CT molecular complexity index is 797. The molecule has 2 aromatic rings. The number of carbonyl (C=O) groups is 1. The number of rotatable bonds is 2. The zero-order valence-electron chi connectivity index (χ0n) is 14.1. The molecular formula is C17H18F3N5O. The van der Waals surface area contributed by atoms with Gasteiger partial charge in [0.15, 0.2) is 5.69 Å². The van der Waals surface area contributed by atoms with Crippen LogP contribution in [0, 0.1) is 0 Å². The van der Waals surface area contributed by atoms with Crippen molar-refractivity contribution in [2.45, 2.75) is 12.2 Å². The summed E-state index contributed by atoms with van der Waals surface area (Å²) in [5.41, 5.74) is 4.38. The van der Waals surface area contributed by atoms with Gasteiger partial charge in [0.2, 0.25) is 5.95 Å². The average Bonchev–Trinajstić information content (AvgIpc) is 2.61. The fourth-order valence-electron chi connectivity index (χ4n) is 3.03. The van der Waals surface area contributed by atoms with Crippen molar-refractivity contribution < 1.29 is 18.0 Å². The minimum atomic E-state index is -4.78. The second-order valence-corrected chi connectivity index (χ2v) is 6.15. The van der Waals surface area contributed by atoms with Gasteiger partial charge < -0.3 is 10.6 Å². The van der Waals surface area contributed by atoms with E-state index in [1.807, 2.05) is 37.4 Å². The third-order valence-electron chi connectivity index (χ3n) is 4.43. The molecule has 2 heterocycles. The largest absolute Gasteiger partial charge is 0.434 e. The molecule has 1 aromatic carbocycles. The maximum atomic E-state index is 13.2. The quantitative estimate of drug-likeness (QED) is 0.883. The van der Waals surface area contributed by atoms with Crippen LogP contribution in [0.1, 0.15) is 27.7 Å². The molecule has 0 aliphatic carbocycles. The maximum Gasteiger partial charge on any atom is 0.434 e. The van der Waals surface area contributed by atoms with Gasteiger partial charge in [-0.25, -0.2) is 9.97 Å². The van der Waals surface area contributed by atoms with E-state index in [4.69, 9.17) is 5.73 Å². The van der Waals surface area contributed by atoms with E-state index in [0.29, 0.717) is 13.1 Å². The average molecular weight is 365 g/mol. The highest BCUT2D eigenvalue weighted by atomic mass is 19.4. The molecule has 1 aliphatic rings. The number of anilines is 1. The van der Waals surface area contributed by atoms with Gasteiger partial charge in [0.25, 0.3) is 5.91 Å². The van der Waals surface area contributed by atoms with E-state index < -0.39 is 29.3 Å². The van der Waals surface area contributed by atoms with E-state index in [2.05, 4.69) is 14.9 Å². The lowest BCUT2D eigenvalue weighted by Crippen LogP contribution is -2.49. The molecule has 2 N–H and O–H groups in total. The number of alkyl halides is 3. The third kappa shape index (κ3) is 3.62. The van der Waals surface area contributed by atoms with Gasteiger partial charge in [-0.05, 0) is 12.6 Å². The molecule has 0 spiro atoms. The predicted molar refractivity (Wildman–Crippen MR) is 89.2 cm³/mol. The van der Waals surface area contributed by atoms with Crippen molar-refractivity contribution in [3.63, 3.8) is 0 Å². The number of carbonyl (C=O) groups excluding carboxylic acids is 1. The smallest absolute Gasteiger partial charge is 0.368 e. The molecular weight excluding hydrogens is 347 g/mol. The second kappa shape index (κ2) is 6.91.